The molecule has 1 saturated heterocycles. The van der Waals surface area contributed by atoms with Crippen LogP contribution < -0.4 is 14.8 Å². The van der Waals surface area contributed by atoms with Gasteiger partial charge in [0.15, 0.2) is 11.5 Å². The molecule has 0 saturated carbocycles. The highest BCUT2D eigenvalue weighted by molar-refractivity contribution is 9.11. The fraction of sp³-hybridized carbons (Fsp3) is 0.129. The summed E-state index contributed by atoms with van der Waals surface area (Å²) in [7, 11) is 0. The maximum Gasteiger partial charge on any atom is 0.294 e. The molecule has 1 aliphatic rings. The summed E-state index contributed by atoms with van der Waals surface area (Å²) in [6.07, 6.45) is 1.61. The Morgan fingerprint density at radius 3 is 2.51 bits per heavy atom. The molecular weight excluding hydrogens is 672 g/mol. The number of thioether (sulfide) groups is 1. The van der Waals surface area contributed by atoms with Crippen molar-refractivity contribution < 1.29 is 23.9 Å². The summed E-state index contributed by atoms with van der Waals surface area (Å²) in [5.74, 6) is 0.0244. The van der Waals surface area contributed by atoms with Gasteiger partial charge >= 0.3 is 0 Å². The molecule has 0 aromatic heterocycles. The van der Waals surface area contributed by atoms with Crippen molar-refractivity contribution in [1.82, 2.24) is 4.90 Å². The van der Waals surface area contributed by atoms with E-state index in [-0.39, 0.29) is 4.91 Å². The Morgan fingerprint density at radius 2 is 1.71 bits per heavy atom. The molecule has 0 radical (unpaired) electrons. The van der Waals surface area contributed by atoms with Crippen molar-refractivity contribution in [3.05, 3.63) is 104 Å². The number of benzene rings is 4. The summed E-state index contributed by atoms with van der Waals surface area (Å²) in [4.78, 5) is 39.4. The summed E-state index contributed by atoms with van der Waals surface area (Å²) >= 11 is 7.75. The average molecular weight is 696 g/mol. The first-order chi connectivity index (χ1) is 19.8. The number of amides is 3. The van der Waals surface area contributed by atoms with E-state index in [1.807, 2.05) is 37.3 Å². The van der Waals surface area contributed by atoms with Gasteiger partial charge in [0, 0.05) is 4.47 Å². The lowest BCUT2D eigenvalue weighted by molar-refractivity contribution is -0.127. The lowest BCUT2D eigenvalue weighted by atomic mass is 10.1. The SMILES string of the molecule is CCOc1cc(/C=C2/SC(=O)N(CC(=O)Nc3ccccc3Br)C2=O)cc(Br)c1OCc1cccc2ccccc12. The van der Waals surface area contributed by atoms with Crippen molar-refractivity contribution in [3.63, 3.8) is 0 Å². The van der Waals surface area contributed by atoms with Crippen LogP contribution in [0.3, 0.4) is 0 Å². The number of hydrogen-bond acceptors (Lipinski definition) is 6. The molecule has 0 atom stereocenters. The first kappa shape index (κ1) is 28.9. The van der Waals surface area contributed by atoms with Crippen molar-refractivity contribution in [2.45, 2.75) is 13.5 Å². The number of nitrogens with zero attached hydrogens (tertiary/aromatic N) is 1. The Labute approximate surface area is 258 Å². The Kier molecular flexibility index (Phi) is 9.12. The standard InChI is InChI=1S/C31H24Br2N2O5S/c1-2-39-26-15-19(14-24(33)29(26)40-18-21-10-7-9-20-8-3-4-11-22(20)21)16-27-30(37)35(31(38)41-27)17-28(36)34-25-13-6-5-12-23(25)32/h3-16H,2,17-18H2,1H3,(H,34,36)/b27-16+. The normalized spacial score (nSPS) is 14.1. The molecule has 1 heterocycles. The van der Waals surface area contributed by atoms with Gasteiger partial charge in [-0.25, -0.2) is 0 Å². The molecule has 10 heteroatoms. The Morgan fingerprint density at radius 1 is 0.951 bits per heavy atom. The van der Waals surface area contributed by atoms with E-state index in [0.29, 0.717) is 44.9 Å². The quantitative estimate of drug-likeness (QED) is 0.179. The Balaban J connectivity index is 1.33. The van der Waals surface area contributed by atoms with Crippen LogP contribution in [0.4, 0.5) is 10.5 Å². The lowest BCUT2D eigenvalue weighted by Gasteiger charge is -2.16. The molecule has 4 aromatic rings. The Bertz CT molecular complexity index is 1690. The minimum Gasteiger partial charge on any atom is -0.490 e. The van der Waals surface area contributed by atoms with Crippen LogP contribution in [0.25, 0.3) is 16.8 Å². The van der Waals surface area contributed by atoms with Crippen LogP contribution in [0, 0.1) is 0 Å². The number of imide groups is 1. The van der Waals surface area contributed by atoms with Gasteiger partial charge in [-0.1, -0.05) is 54.6 Å². The van der Waals surface area contributed by atoms with Gasteiger partial charge in [-0.15, -0.1) is 0 Å². The Hall–Kier alpha value is -3.60. The van der Waals surface area contributed by atoms with Crippen molar-refractivity contribution >= 4 is 83.2 Å². The molecular formula is C31H24Br2N2O5S. The van der Waals surface area contributed by atoms with Gasteiger partial charge in [-0.2, -0.15) is 0 Å². The fourth-order valence-electron chi connectivity index (χ4n) is 4.33. The predicted octanol–water partition coefficient (Wildman–Crippen LogP) is 8.02. The van der Waals surface area contributed by atoms with Crippen molar-refractivity contribution in [1.29, 1.82) is 0 Å². The van der Waals surface area contributed by atoms with Gasteiger partial charge in [0.05, 0.1) is 21.7 Å². The smallest absolute Gasteiger partial charge is 0.294 e. The van der Waals surface area contributed by atoms with E-state index < -0.39 is 23.6 Å². The van der Waals surface area contributed by atoms with Crippen LogP contribution in [0.15, 0.2) is 92.7 Å². The second-order valence-corrected chi connectivity index (χ2v) is 11.7. The number of ether oxygens (including phenoxy) is 2. The molecule has 3 amide bonds. The predicted molar refractivity (Wildman–Crippen MR) is 169 cm³/mol. The molecule has 1 fully saturated rings. The number of hydrogen-bond donors (Lipinski definition) is 1. The molecule has 208 valence electrons. The van der Waals surface area contributed by atoms with Crippen LogP contribution in [0.5, 0.6) is 11.5 Å². The third-order valence-corrected chi connectivity index (χ3v) is 8.39. The van der Waals surface area contributed by atoms with E-state index in [1.54, 1.807) is 36.4 Å². The topological polar surface area (TPSA) is 84.9 Å². The molecule has 0 bridgehead atoms. The molecule has 0 unspecified atom stereocenters. The van der Waals surface area contributed by atoms with E-state index in [2.05, 4.69) is 55.4 Å². The van der Waals surface area contributed by atoms with Gasteiger partial charge < -0.3 is 14.8 Å². The number of fused-ring (bicyclic) bond motifs is 1. The first-order valence-corrected chi connectivity index (χ1v) is 15.1. The van der Waals surface area contributed by atoms with Crippen LogP contribution in [-0.4, -0.2) is 35.1 Å². The minimum atomic E-state index is -0.535. The average Bonchev–Trinajstić information content (AvgIpc) is 3.21. The number of nitrogens with one attached hydrogen (secondary N) is 1. The molecule has 7 nitrogen and oxygen atoms in total. The number of carbonyl (C=O) groups is 3. The van der Waals surface area contributed by atoms with Gasteiger partial charge in [-0.3, -0.25) is 19.3 Å². The number of para-hydroxylation sites is 1. The number of halogens is 2. The van der Waals surface area contributed by atoms with Crippen LogP contribution in [0.1, 0.15) is 18.1 Å². The van der Waals surface area contributed by atoms with Crippen LogP contribution in [-0.2, 0) is 16.2 Å². The number of carbonyl (C=O) groups excluding carboxylic acids is 3. The van der Waals surface area contributed by atoms with E-state index in [0.717, 1.165) is 33.0 Å². The lowest BCUT2D eigenvalue weighted by Crippen LogP contribution is -2.36. The highest BCUT2D eigenvalue weighted by Crippen LogP contribution is 2.40. The summed E-state index contributed by atoms with van der Waals surface area (Å²) < 4.78 is 13.4. The molecule has 0 spiro atoms. The molecule has 41 heavy (non-hydrogen) atoms. The molecule has 0 aliphatic carbocycles. The highest BCUT2D eigenvalue weighted by Gasteiger charge is 2.36. The second kappa shape index (κ2) is 12.9. The maximum atomic E-state index is 13.1. The molecule has 1 N–H and O–H groups in total. The van der Waals surface area contributed by atoms with E-state index in [9.17, 15) is 14.4 Å². The molecule has 5 rings (SSSR count). The second-order valence-electron chi connectivity index (χ2n) is 8.99. The van der Waals surface area contributed by atoms with E-state index in [1.165, 1.54) is 0 Å². The summed E-state index contributed by atoms with van der Waals surface area (Å²) in [5, 5.41) is 4.45. The van der Waals surface area contributed by atoms with Gasteiger partial charge in [0.25, 0.3) is 11.1 Å². The zero-order valence-electron chi connectivity index (χ0n) is 21.9. The van der Waals surface area contributed by atoms with Crippen molar-refractivity contribution in [2.75, 3.05) is 18.5 Å². The third kappa shape index (κ3) is 6.66. The number of rotatable bonds is 9. The molecule has 1 aliphatic heterocycles. The fourth-order valence-corrected chi connectivity index (χ4v) is 6.12. The summed E-state index contributed by atoms with van der Waals surface area (Å²) in [6.45, 7) is 2.22. The van der Waals surface area contributed by atoms with Gasteiger partial charge in [-0.05, 0) is 103 Å². The highest BCUT2D eigenvalue weighted by atomic mass is 79.9. The summed E-state index contributed by atoms with van der Waals surface area (Å²) in [5.41, 5.74) is 2.23. The van der Waals surface area contributed by atoms with Gasteiger partial charge in [0.1, 0.15) is 13.2 Å². The zero-order chi connectivity index (χ0) is 28.9. The largest absolute Gasteiger partial charge is 0.490 e. The maximum absolute atomic E-state index is 13.1. The number of anilines is 1. The molecule has 4 aromatic carbocycles. The van der Waals surface area contributed by atoms with Crippen molar-refractivity contribution in [3.8, 4) is 11.5 Å². The van der Waals surface area contributed by atoms with Crippen molar-refractivity contribution in [2.24, 2.45) is 0 Å². The van der Waals surface area contributed by atoms with E-state index in [4.69, 9.17) is 9.47 Å². The zero-order valence-corrected chi connectivity index (χ0v) is 25.8. The monoisotopic (exact) mass is 694 g/mol. The van der Waals surface area contributed by atoms with Gasteiger partial charge in [0.2, 0.25) is 5.91 Å². The summed E-state index contributed by atoms with van der Waals surface area (Å²) in [6, 6.07) is 24.9. The third-order valence-electron chi connectivity index (χ3n) is 6.20. The van der Waals surface area contributed by atoms with E-state index >= 15 is 0 Å². The first-order valence-electron chi connectivity index (χ1n) is 12.7. The minimum absolute atomic E-state index is 0.211. The van der Waals surface area contributed by atoms with Crippen LogP contribution in [0.2, 0.25) is 0 Å². The van der Waals surface area contributed by atoms with Crippen LogP contribution >= 0.6 is 43.6 Å².